The lowest BCUT2D eigenvalue weighted by molar-refractivity contribution is -0.137. The van der Waals surface area contributed by atoms with Crippen LogP contribution >= 0.6 is 23.4 Å². The van der Waals surface area contributed by atoms with Crippen LogP contribution in [0.2, 0.25) is 5.02 Å². The molecule has 1 aromatic heterocycles. The molecule has 0 radical (unpaired) electrons. The summed E-state index contributed by atoms with van der Waals surface area (Å²) in [5.41, 5.74) is 9.03. The minimum Gasteiger partial charge on any atom is -0.384 e. The number of nitrogens with zero attached hydrogens (tertiary/aromatic N) is 4. The van der Waals surface area contributed by atoms with Gasteiger partial charge in [-0.1, -0.05) is 55.4 Å². The maximum atomic E-state index is 14.2. The second-order valence-electron chi connectivity index (χ2n) is 12.1. The molecule has 0 amide bonds. The van der Waals surface area contributed by atoms with E-state index in [1.807, 2.05) is 63.2 Å². The van der Waals surface area contributed by atoms with E-state index in [0.29, 0.717) is 44.7 Å². The number of para-hydroxylation sites is 1. The monoisotopic (exact) mass is 659 g/mol. The second kappa shape index (κ2) is 11.7. The molecule has 1 atom stereocenters. The summed E-state index contributed by atoms with van der Waals surface area (Å²) in [4.78, 5) is 16.6. The Morgan fingerprint density at radius 3 is 2.26 bits per heavy atom. The second-order valence-corrected chi connectivity index (χ2v) is 13.6. The van der Waals surface area contributed by atoms with Crippen LogP contribution in [0.5, 0.6) is 0 Å². The average molecular weight is 660 g/mol. The van der Waals surface area contributed by atoms with Gasteiger partial charge in [0.2, 0.25) is 0 Å². The number of benzene rings is 3. The molecule has 1 aliphatic carbocycles. The highest BCUT2D eigenvalue weighted by atomic mass is 35.5. The van der Waals surface area contributed by atoms with Crippen LogP contribution in [0, 0.1) is 23.7 Å². The summed E-state index contributed by atoms with van der Waals surface area (Å²) < 4.78 is 42.1. The number of anilines is 1. The Hall–Kier alpha value is -4.46. The lowest BCUT2D eigenvalue weighted by Gasteiger charge is -2.43. The molecule has 234 valence electrons. The van der Waals surface area contributed by atoms with Gasteiger partial charge in [0.15, 0.2) is 5.78 Å². The van der Waals surface area contributed by atoms with Crippen molar-refractivity contribution in [2.24, 2.45) is 11.1 Å². The molecule has 6 rings (SSSR count). The number of halogens is 4. The molecule has 4 aromatic rings. The number of carbonyl (C=O) groups excluding carboxylic acids is 1. The summed E-state index contributed by atoms with van der Waals surface area (Å²) in [6.07, 6.45) is -3.88. The zero-order valence-electron chi connectivity index (χ0n) is 25.2. The first-order valence-electron chi connectivity index (χ1n) is 14.5. The number of ketones is 1. The SMILES string of the molecule is Cc1nn(-c2ccccc2)c(Sc2ccc(Cl)cc2)c1C1C(C#N)=C(N)N(c2ccc(C(F)(F)F)cc2)C2=C1C(=O)CC(C)(C)C2. The molecule has 46 heavy (non-hydrogen) atoms. The van der Waals surface area contributed by atoms with Crippen LogP contribution in [0.1, 0.15) is 49.4 Å². The number of aryl methyl sites for hydroxylation is 1. The average Bonchev–Trinajstić information content (AvgIpc) is 3.32. The summed E-state index contributed by atoms with van der Waals surface area (Å²) in [7, 11) is 0. The van der Waals surface area contributed by atoms with E-state index < -0.39 is 23.1 Å². The van der Waals surface area contributed by atoms with Crippen LogP contribution < -0.4 is 10.6 Å². The number of hydrogen-bond donors (Lipinski definition) is 1. The van der Waals surface area contributed by atoms with Crippen LogP contribution in [0.3, 0.4) is 0 Å². The largest absolute Gasteiger partial charge is 0.416 e. The first-order chi connectivity index (χ1) is 21.8. The van der Waals surface area contributed by atoms with E-state index in [4.69, 9.17) is 22.4 Å². The van der Waals surface area contributed by atoms with Gasteiger partial charge in [0.05, 0.1) is 34.5 Å². The van der Waals surface area contributed by atoms with Crippen molar-refractivity contribution in [2.75, 3.05) is 4.90 Å². The molecule has 2 N–H and O–H groups in total. The number of carbonyl (C=O) groups is 1. The van der Waals surface area contributed by atoms with Crippen molar-refractivity contribution in [3.05, 3.63) is 123 Å². The molecule has 1 aliphatic heterocycles. The maximum Gasteiger partial charge on any atom is 0.416 e. The van der Waals surface area contributed by atoms with Crippen LogP contribution in [0.4, 0.5) is 18.9 Å². The molecule has 0 bridgehead atoms. The molecule has 6 nitrogen and oxygen atoms in total. The Labute approximate surface area is 274 Å². The Bertz CT molecular complexity index is 1940. The van der Waals surface area contributed by atoms with Gasteiger partial charge in [0.25, 0.3) is 0 Å². The Kier molecular flexibility index (Phi) is 8.03. The molecule has 0 saturated carbocycles. The number of allylic oxidation sites excluding steroid dienone is 3. The zero-order valence-corrected chi connectivity index (χ0v) is 26.8. The number of nitriles is 1. The molecular formula is C35H29ClF3N5OS. The highest BCUT2D eigenvalue weighted by Gasteiger charge is 2.46. The Morgan fingerprint density at radius 1 is 1.00 bits per heavy atom. The van der Waals surface area contributed by atoms with Gasteiger partial charge in [-0.15, -0.1) is 0 Å². The van der Waals surface area contributed by atoms with Crippen molar-refractivity contribution in [2.45, 2.75) is 55.6 Å². The van der Waals surface area contributed by atoms with Crippen molar-refractivity contribution >= 4 is 34.8 Å². The third-order valence-electron chi connectivity index (χ3n) is 8.21. The molecule has 11 heteroatoms. The van der Waals surface area contributed by atoms with Gasteiger partial charge in [-0.2, -0.15) is 23.5 Å². The number of Topliss-reactive ketones (excluding diaryl/α,β-unsaturated/α-hetero) is 1. The van der Waals surface area contributed by atoms with E-state index in [2.05, 4.69) is 6.07 Å². The zero-order chi connectivity index (χ0) is 33.0. The topological polar surface area (TPSA) is 87.9 Å². The number of alkyl halides is 3. The smallest absolute Gasteiger partial charge is 0.384 e. The van der Waals surface area contributed by atoms with E-state index in [0.717, 1.165) is 22.7 Å². The van der Waals surface area contributed by atoms with Gasteiger partial charge < -0.3 is 5.73 Å². The van der Waals surface area contributed by atoms with E-state index in [1.165, 1.54) is 23.9 Å². The standard InChI is InChI=1S/C35H29ClF3N5OS/c1-20-29(33(46-25-15-11-22(36)12-16-25)44(42-20)24-7-5-4-6-8-24)30-26(19-40)32(41)43(23-13-9-21(10-14-23)35(37,38)39)27-17-34(2,3)18-28(45)31(27)30/h4-16,30H,17-18,41H2,1-3H3. The van der Waals surface area contributed by atoms with Crippen molar-refractivity contribution < 1.29 is 18.0 Å². The van der Waals surface area contributed by atoms with Crippen LogP contribution in [-0.4, -0.2) is 15.6 Å². The summed E-state index contributed by atoms with van der Waals surface area (Å²) in [5.74, 6) is -0.935. The van der Waals surface area contributed by atoms with Crippen molar-refractivity contribution in [1.29, 1.82) is 5.26 Å². The maximum absolute atomic E-state index is 14.2. The Morgan fingerprint density at radius 2 is 1.65 bits per heavy atom. The summed E-state index contributed by atoms with van der Waals surface area (Å²) in [6.45, 7) is 5.77. The number of hydrogen-bond acceptors (Lipinski definition) is 6. The van der Waals surface area contributed by atoms with Gasteiger partial charge in [0, 0.05) is 38.9 Å². The van der Waals surface area contributed by atoms with Gasteiger partial charge in [-0.05, 0) is 79.4 Å². The quantitative estimate of drug-likeness (QED) is 0.230. The van der Waals surface area contributed by atoms with Crippen molar-refractivity contribution in [1.82, 2.24) is 9.78 Å². The van der Waals surface area contributed by atoms with E-state index in [1.54, 1.807) is 21.7 Å². The third-order valence-corrected chi connectivity index (χ3v) is 9.56. The minimum absolute atomic E-state index is 0.0609. The lowest BCUT2D eigenvalue weighted by atomic mass is 9.68. The first-order valence-corrected chi connectivity index (χ1v) is 15.7. The molecular weight excluding hydrogens is 631 g/mol. The highest BCUT2D eigenvalue weighted by Crippen LogP contribution is 2.53. The summed E-state index contributed by atoms with van der Waals surface area (Å²) >= 11 is 7.61. The summed E-state index contributed by atoms with van der Waals surface area (Å²) in [5, 5.41) is 16.9. The van der Waals surface area contributed by atoms with Crippen molar-refractivity contribution in [3.63, 3.8) is 0 Å². The predicted molar refractivity (Wildman–Crippen MR) is 172 cm³/mol. The molecule has 0 spiro atoms. The van der Waals surface area contributed by atoms with Gasteiger partial charge in [0.1, 0.15) is 10.8 Å². The fraction of sp³-hybridized carbons (Fsp3) is 0.229. The van der Waals surface area contributed by atoms with Gasteiger partial charge in [-0.25, -0.2) is 4.68 Å². The molecule has 1 unspecified atom stereocenters. The molecule has 0 saturated heterocycles. The van der Waals surface area contributed by atoms with E-state index in [-0.39, 0.29) is 23.6 Å². The van der Waals surface area contributed by atoms with Crippen LogP contribution in [-0.2, 0) is 11.0 Å². The highest BCUT2D eigenvalue weighted by molar-refractivity contribution is 7.99. The first kappa shape index (κ1) is 31.5. The fourth-order valence-electron chi connectivity index (χ4n) is 6.20. The van der Waals surface area contributed by atoms with Crippen LogP contribution in [0.25, 0.3) is 5.69 Å². The van der Waals surface area contributed by atoms with E-state index in [9.17, 15) is 23.2 Å². The molecule has 2 heterocycles. The van der Waals surface area contributed by atoms with E-state index >= 15 is 0 Å². The predicted octanol–water partition coefficient (Wildman–Crippen LogP) is 8.95. The lowest BCUT2D eigenvalue weighted by Crippen LogP contribution is -2.42. The number of aromatic nitrogens is 2. The molecule has 3 aromatic carbocycles. The minimum atomic E-state index is -4.52. The Balaban J connectivity index is 1.61. The third kappa shape index (κ3) is 5.70. The summed E-state index contributed by atoms with van der Waals surface area (Å²) in [6, 6.07) is 23.8. The van der Waals surface area contributed by atoms with Crippen LogP contribution in [0.15, 0.2) is 111 Å². The normalized spacial score (nSPS) is 18.1. The number of rotatable bonds is 5. The fourth-order valence-corrected chi connectivity index (χ4v) is 7.43. The molecule has 0 fully saturated rings. The van der Waals surface area contributed by atoms with Gasteiger partial charge >= 0.3 is 6.18 Å². The molecule has 2 aliphatic rings. The van der Waals surface area contributed by atoms with Crippen molar-refractivity contribution in [3.8, 4) is 11.8 Å². The number of nitrogens with two attached hydrogens (primary N) is 1. The van der Waals surface area contributed by atoms with Gasteiger partial charge in [-0.3, -0.25) is 9.69 Å².